The number of amides is 1. The smallest absolute Gasteiger partial charge is 0.305 e. The Hall–Kier alpha value is -1.82. The lowest BCUT2D eigenvalue weighted by molar-refractivity contribution is -0.137. The number of ether oxygens (including phenoxy) is 1. The Morgan fingerprint density at radius 1 is 1.50 bits per heavy atom. The molecular formula is C14H22N2O4. The molecule has 0 saturated carbocycles. The van der Waals surface area contributed by atoms with Crippen LogP contribution in [0.1, 0.15) is 36.7 Å². The molecule has 0 spiro atoms. The molecule has 2 N–H and O–H groups in total. The summed E-state index contributed by atoms with van der Waals surface area (Å²) in [7, 11) is 1.60. The van der Waals surface area contributed by atoms with E-state index in [0.717, 1.165) is 6.42 Å². The Balaban J connectivity index is 2.68. The number of aromatic nitrogens is 1. The first-order valence-corrected chi connectivity index (χ1v) is 6.75. The van der Waals surface area contributed by atoms with Crippen molar-refractivity contribution < 1.29 is 19.4 Å². The lowest BCUT2D eigenvalue weighted by Gasteiger charge is -2.17. The Morgan fingerprint density at radius 2 is 2.25 bits per heavy atom. The number of nitrogens with zero attached hydrogens (tertiary/aromatic N) is 1. The molecule has 1 unspecified atom stereocenters. The first kappa shape index (κ1) is 16.2. The molecule has 0 saturated heterocycles. The molecule has 1 atom stereocenters. The molecule has 1 heterocycles. The van der Waals surface area contributed by atoms with Crippen molar-refractivity contribution in [1.29, 1.82) is 0 Å². The first-order valence-electron chi connectivity index (χ1n) is 6.75. The van der Waals surface area contributed by atoms with E-state index >= 15 is 0 Å². The van der Waals surface area contributed by atoms with Gasteiger partial charge in [0.1, 0.15) is 5.69 Å². The van der Waals surface area contributed by atoms with E-state index in [1.54, 1.807) is 30.0 Å². The standard InChI is InChI=1S/C14H22N2O4/c1-3-5-11(10-13(17)18)15-14(19)12-6-4-7-16(12)8-9-20-2/h4,6-7,11H,3,5,8-10H2,1-2H3,(H,15,19)(H,17,18). The van der Waals surface area contributed by atoms with Gasteiger partial charge < -0.3 is 19.7 Å². The van der Waals surface area contributed by atoms with Crippen molar-refractivity contribution in [1.82, 2.24) is 9.88 Å². The van der Waals surface area contributed by atoms with Crippen LogP contribution in [0.25, 0.3) is 0 Å². The van der Waals surface area contributed by atoms with Crippen LogP contribution in [0.4, 0.5) is 0 Å². The molecular weight excluding hydrogens is 260 g/mol. The minimum atomic E-state index is -0.904. The van der Waals surface area contributed by atoms with Crippen LogP contribution in [0.3, 0.4) is 0 Å². The third-order valence-electron chi connectivity index (χ3n) is 2.99. The van der Waals surface area contributed by atoms with Gasteiger partial charge in [-0.1, -0.05) is 13.3 Å². The molecule has 0 aliphatic carbocycles. The van der Waals surface area contributed by atoms with E-state index in [1.165, 1.54) is 0 Å². The molecule has 0 bridgehead atoms. The van der Waals surface area contributed by atoms with Crippen LogP contribution in [-0.4, -0.2) is 41.3 Å². The SMILES string of the molecule is CCCC(CC(=O)O)NC(=O)c1cccn1CCOC. The molecule has 1 amide bonds. The highest BCUT2D eigenvalue weighted by Gasteiger charge is 2.18. The fourth-order valence-corrected chi connectivity index (χ4v) is 2.05. The molecule has 0 aliphatic heterocycles. The number of rotatable bonds is 9. The molecule has 0 aliphatic rings. The Morgan fingerprint density at radius 3 is 2.85 bits per heavy atom. The van der Waals surface area contributed by atoms with Crippen molar-refractivity contribution in [3.63, 3.8) is 0 Å². The van der Waals surface area contributed by atoms with Gasteiger partial charge in [0.2, 0.25) is 0 Å². The van der Waals surface area contributed by atoms with Gasteiger partial charge in [0.25, 0.3) is 5.91 Å². The minimum absolute atomic E-state index is 0.0572. The van der Waals surface area contributed by atoms with E-state index < -0.39 is 5.97 Å². The normalized spacial score (nSPS) is 12.1. The highest BCUT2D eigenvalue weighted by molar-refractivity contribution is 5.93. The molecule has 0 fully saturated rings. The summed E-state index contributed by atoms with van der Waals surface area (Å²) >= 11 is 0. The van der Waals surface area contributed by atoms with Crippen molar-refractivity contribution in [3.05, 3.63) is 24.0 Å². The van der Waals surface area contributed by atoms with Gasteiger partial charge in [0.05, 0.1) is 13.0 Å². The van der Waals surface area contributed by atoms with E-state index in [1.807, 2.05) is 6.92 Å². The summed E-state index contributed by atoms with van der Waals surface area (Å²) in [5.41, 5.74) is 0.522. The molecule has 1 aromatic heterocycles. The Kier molecular flexibility index (Phi) is 6.79. The monoisotopic (exact) mass is 282 g/mol. The van der Waals surface area contributed by atoms with E-state index in [0.29, 0.717) is 25.3 Å². The number of hydrogen-bond donors (Lipinski definition) is 2. The number of carbonyl (C=O) groups excluding carboxylic acids is 1. The first-order chi connectivity index (χ1) is 9.58. The largest absolute Gasteiger partial charge is 0.481 e. The topological polar surface area (TPSA) is 80.6 Å². The Bertz CT molecular complexity index is 442. The van der Waals surface area contributed by atoms with Gasteiger partial charge >= 0.3 is 5.97 Å². The Labute approximate surface area is 118 Å². The third-order valence-corrected chi connectivity index (χ3v) is 2.99. The van der Waals surface area contributed by atoms with Crippen LogP contribution in [0.15, 0.2) is 18.3 Å². The lowest BCUT2D eigenvalue weighted by Crippen LogP contribution is -2.37. The zero-order chi connectivity index (χ0) is 15.0. The maximum Gasteiger partial charge on any atom is 0.305 e. The molecule has 6 heteroatoms. The molecule has 20 heavy (non-hydrogen) atoms. The number of carbonyl (C=O) groups is 2. The average molecular weight is 282 g/mol. The second-order valence-electron chi connectivity index (χ2n) is 4.64. The van der Waals surface area contributed by atoms with Crippen LogP contribution in [-0.2, 0) is 16.1 Å². The zero-order valence-corrected chi connectivity index (χ0v) is 12.0. The molecule has 0 radical (unpaired) electrons. The number of nitrogens with one attached hydrogen (secondary N) is 1. The number of aliphatic carboxylic acids is 1. The summed E-state index contributed by atoms with van der Waals surface area (Å²) in [6.07, 6.45) is 3.22. The molecule has 1 aromatic rings. The van der Waals surface area contributed by atoms with Crippen LogP contribution >= 0.6 is 0 Å². The fourth-order valence-electron chi connectivity index (χ4n) is 2.05. The van der Waals surface area contributed by atoms with Gasteiger partial charge in [0, 0.05) is 25.9 Å². The van der Waals surface area contributed by atoms with Gasteiger partial charge in [-0.25, -0.2) is 0 Å². The van der Waals surface area contributed by atoms with Gasteiger partial charge in [-0.3, -0.25) is 9.59 Å². The molecule has 6 nitrogen and oxygen atoms in total. The number of methoxy groups -OCH3 is 1. The van der Waals surface area contributed by atoms with Crippen molar-refractivity contribution in [2.45, 2.75) is 38.8 Å². The van der Waals surface area contributed by atoms with Crippen LogP contribution < -0.4 is 5.32 Å². The van der Waals surface area contributed by atoms with Gasteiger partial charge in [-0.05, 0) is 18.6 Å². The zero-order valence-electron chi connectivity index (χ0n) is 12.0. The van der Waals surface area contributed by atoms with Crippen molar-refractivity contribution in [2.75, 3.05) is 13.7 Å². The second kappa shape index (κ2) is 8.37. The van der Waals surface area contributed by atoms with Gasteiger partial charge in [0.15, 0.2) is 0 Å². The third kappa shape index (κ3) is 5.05. The van der Waals surface area contributed by atoms with Gasteiger partial charge in [-0.15, -0.1) is 0 Å². The van der Waals surface area contributed by atoms with E-state index in [2.05, 4.69) is 5.32 Å². The highest BCUT2D eigenvalue weighted by Crippen LogP contribution is 2.07. The second-order valence-corrected chi connectivity index (χ2v) is 4.64. The number of carboxylic acids is 1. The maximum atomic E-state index is 12.2. The minimum Gasteiger partial charge on any atom is -0.481 e. The van der Waals surface area contributed by atoms with Gasteiger partial charge in [-0.2, -0.15) is 0 Å². The summed E-state index contributed by atoms with van der Waals surface area (Å²) in [4.78, 5) is 23.0. The van der Waals surface area contributed by atoms with E-state index in [-0.39, 0.29) is 18.4 Å². The van der Waals surface area contributed by atoms with Crippen LogP contribution in [0.2, 0.25) is 0 Å². The van der Waals surface area contributed by atoms with Crippen LogP contribution in [0, 0.1) is 0 Å². The predicted octanol–water partition coefficient (Wildman–Crippen LogP) is 1.51. The highest BCUT2D eigenvalue weighted by atomic mass is 16.5. The van der Waals surface area contributed by atoms with Crippen LogP contribution in [0.5, 0.6) is 0 Å². The summed E-state index contributed by atoms with van der Waals surface area (Å²) < 4.78 is 6.79. The summed E-state index contributed by atoms with van der Waals surface area (Å²) in [6, 6.07) is 3.17. The average Bonchev–Trinajstić information content (AvgIpc) is 2.84. The quantitative estimate of drug-likeness (QED) is 0.719. The number of carboxylic acid groups (broad SMARTS) is 1. The predicted molar refractivity (Wildman–Crippen MR) is 74.7 cm³/mol. The molecule has 112 valence electrons. The molecule has 0 aromatic carbocycles. The molecule has 1 rings (SSSR count). The van der Waals surface area contributed by atoms with Crippen molar-refractivity contribution in [3.8, 4) is 0 Å². The summed E-state index contributed by atoms with van der Waals surface area (Å²) in [5.74, 6) is -1.15. The van der Waals surface area contributed by atoms with Crippen molar-refractivity contribution in [2.24, 2.45) is 0 Å². The van der Waals surface area contributed by atoms with Crippen molar-refractivity contribution >= 4 is 11.9 Å². The fraction of sp³-hybridized carbons (Fsp3) is 0.571. The van der Waals surface area contributed by atoms with E-state index in [4.69, 9.17) is 9.84 Å². The van der Waals surface area contributed by atoms with E-state index in [9.17, 15) is 9.59 Å². The summed E-state index contributed by atoms with van der Waals surface area (Å²) in [5, 5.41) is 11.6. The lowest BCUT2D eigenvalue weighted by atomic mass is 10.1. The number of hydrogen-bond acceptors (Lipinski definition) is 3. The summed E-state index contributed by atoms with van der Waals surface area (Å²) in [6.45, 7) is 3.06. The maximum absolute atomic E-state index is 12.2.